The molecule has 0 radical (unpaired) electrons. The first-order valence-electron chi connectivity index (χ1n) is 4.50. The highest BCUT2D eigenvalue weighted by Gasteiger charge is 1.98. The van der Waals surface area contributed by atoms with Crippen LogP contribution in [0.25, 0.3) is 0 Å². The van der Waals surface area contributed by atoms with Crippen LogP contribution in [-0.2, 0) is 6.54 Å². The van der Waals surface area contributed by atoms with Crippen molar-refractivity contribution in [1.82, 2.24) is 0 Å². The van der Waals surface area contributed by atoms with Crippen LogP contribution in [0.2, 0.25) is 0 Å². The fourth-order valence-electron chi connectivity index (χ4n) is 1.22. The van der Waals surface area contributed by atoms with E-state index in [2.05, 4.69) is 21.2 Å². The van der Waals surface area contributed by atoms with Crippen LogP contribution >= 0.6 is 15.9 Å². The third-order valence-electron chi connectivity index (χ3n) is 1.99. The lowest BCUT2D eigenvalue weighted by atomic mass is 10.3. The summed E-state index contributed by atoms with van der Waals surface area (Å²) in [5.74, 6) is 0.270. The summed E-state index contributed by atoms with van der Waals surface area (Å²) in [6, 6.07) is 8.85. The van der Waals surface area contributed by atoms with Crippen LogP contribution in [0.5, 0.6) is 5.75 Å². The van der Waals surface area contributed by atoms with Gasteiger partial charge in [-0.15, -0.1) is 0 Å². The van der Waals surface area contributed by atoms with E-state index in [1.165, 1.54) is 0 Å². The molecule has 1 heterocycles. The quantitative estimate of drug-likeness (QED) is 0.839. The number of hydrogen-bond donors (Lipinski definition) is 2. The first-order valence-corrected chi connectivity index (χ1v) is 5.29. The number of benzene rings is 1. The fourth-order valence-corrected chi connectivity index (χ4v) is 1.61. The van der Waals surface area contributed by atoms with E-state index in [1.54, 1.807) is 18.4 Å². The van der Waals surface area contributed by atoms with E-state index in [4.69, 9.17) is 9.52 Å². The molecule has 0 aliphatic rings. The molecule has 2 N–H and O–H groups in total. The normalized spacial score (nSPS) is 10.2. The van der Waals surface area contributed by atoms with E-state index in [0.29, 0.717) is 6.54 Å². The zero-order chi connectivity index (χ0) is 10.7. The molecule has 2 aromatic rings. The molecular formula is C11H10BrNO2. The van der Waals surface area contributed by atoms with Gasteiger partial charge in [0.05, 0.1) is 6.26 Å². The highest BCUT2D eigenvalue weighted by Crippen LogP contribution is 2.17. The van der Waals surface area contributed by atoms with Crippen molar-refractivity contribution in [3.8, 4) is 5.75 Å². The number of rotatable bonds is 3. The SMILES string of the molecule is Oc1ccc(NCc2coc(Br)c2)cc1. The van der Waals surface area contributed by atoms with E-state index < -0.39 is 0 Å². The van der Waals surface area contributed by atoms with Crippen LogP contribution in [0.15, 0.2) is 45.7 Å². The van der Waals surface area contributed by atoms with E-state index >= 15 is 0 Å². The third kappa shape index (κ3) is 2.76. The number of furan rings is 1. The first kappa shape index (κ1) is 10.1. The van der Waals surface area contributed by atoms with Crippen LogP contribution in [0, 0.1) is 0 Å². The number of phenolic OH excluding ortho intramolecular Hbond substituents is 1. The summed E-state index contributed by atoms with van der Waals surface area (Å²) in [6.45, 7) is 0.694. The maximum atomic E-state index is 9.10. The predicted octanol–water partition coefficient (Wildman–Crippen LogP) is 3.36. The molecule has 0 aliphatic heterocycles. The molecule has 0 saturated carbocycles. The Morgan fingerprint density at radius 1 is 1.27 bits per heavy atom. The Morgan fingerprint density at radius 3 is 2.60 bits per heavy atom. The molecule has 0 unspecified atom stereocenters. The lowest BCUT2D eigenvalue weighted by Crippen LogP contribution is -1.97. The summed E-state index contributed by atoms with van der Waals surface area (Å²) >= 11 is 3.24. The molecule has 0 bridgehead atoms. The predicted molar refractivity (Wildman–Crippen MR) is 61.8 cm³/mol. The molecule has 0 amide bonds. The van der Waals surface area contributed by atoms with Crippen molar-refractivity contribution in [1.29, 1.82) is 0 Å². The summed E-state index contributed by atoms with van der Waals surface area (Å²) < 4.78 is 5.84. The smallest absolute Gasteiger partial charge is 0.169 e. The van der Waals surface area contributed by atoms with E-state index in [9.17, 15) is 0 Å². The summed E-state index contributed by atoms with van der Waals surface area (Å²) in [5.41, 5.74) is 2.03. The van der Waals surface area contributed by atoms with Gasteiger partial charge in [0.25, 0.3) is 0 Å². The average molecular weight is 268 g/mol. The van der Waals surface area contributed by atoms with Gasteiger partial charge in [0, 0.05) is 17.8 Å². The minimum absolute atomic E-state index is 0.270. The number of hydrogen-bond acceptors (Lipinski definition) is 3. The highest BCUT2D eigenvalue weighted by molar-refractivity contribution is 9.10. The van der Waals surface area contributed by atoms with Crippen molar-refractivity contribution < 1.29 is 9.52 Å². The minimum Gasteiger partial charge on any atom is -0.508 e. The summed E-state index contributed by atoms with van der Waals surface area (Å²) in [7, 11) is 0. The lowest BCUT2D eigenvalue weighted by Gasteiger charge is -2.03. The molecule has 78 valence electrons. The first-order chi connectivity index (χ1) is 7.24. The van der Waals surface area contributed by atoms with Crippen LogP contribution in [0.1, 0.15) is 5.56 Å². The largest absolute Gasteiger partial charge is 0.508 e. The Bertz CT molecular complexity index is 436. The van der Waals surface area contributed by atoms with Crippen molar-refractivity contribution in [2.45, 2.75) is 6.54 Å². The van der Waals surface area contributed by atoms with Gasteiger partial charge in [-0.05, 0) is 46.3 Å². The highest BCUT2D eigenvalue weighted by atomic mass is 79.9. The van der Waals surface area contributed by atoms with Gasteiger partial charge in [-0.3, -0.25) is 0 Å². The maximum Gasteiger partial charge on any atom is 0.169 e. The van der Waals surface area contributed by atoms with Crippen molar-refractivity contribution in [2.75, 3.05) is 5.32 Å². The second-order valence-electron chi connectivity index (χ2n) is 3.16. The molecule has 1 aromatic heterocycles. The average Bonchev–Trinajstić information content (AvgIpc) is 2.64. The Hall–Kier alpha value is -1.42. The summed E-state index contributed by atoms with van der Waals surface area (Å²) in [5, 5.41) is 12.3. The summed E-state index contributed by atoms with van der Waals surface area (Å²) in [4.78, 5) is 0. The number of aromatic hydroxyl groups is 1. The van der Waals surface area contributed by atoms with Gasteiger partial charge in [-0.25, -0.2) is 0 Å². The van der Waals surface area contributed by atoms with Gasteiger partial charge in [0.2, 0.25) is 0 Å². The lowest BCUT2D eigenvalue weighted by molar-refractivity contribution is 0.475. The number of anilines is 1. The molecular weight excluding hydrogens is 258 g/mol. The Kier molecular flexibility index (Phi) is 2.97. The van der Waals surface area contributed by atoms with Gasteiger partial charge in [0.15, 0.2) is 4.67 Å². The molecule has 3 nitrogen and oxygen atoms in total. The molecule has 2 rings (SSSR count). The standard InChI is InChI=1S/C11H10BrNO2/c12-11-5-8(7-15-11)6-13-9-1-3-10(14)4-2-9/h1-5,7,13-14H,6H2. The zero-order valence-corrected chi connectivity index (χ0v) is 9.49. The van der Waals surface area contributed by atoms with Crippen molar-refractivity contribution in [2.24, 2.45) is 0 Å². The van der Waals surface area contributed by atoms with Crippen molar-refractivity contribution in [3.63, 3.8) is 0 Å². The van der Waals surface area contributed by atoms with Crippen LogP contribution in [0.4, 0.5) is 5.69 Å². The molecule has 1 aromatic carbocycles. The van der Waals surface area contributed by atoms with Gasteiger partial charge < -0.3 is 14.8 Å². The van der Waals surface area contributed by atoms with Crippen LogP contribution in [0.3, 0.4) is 0 Å². The Morgan fingerprint density at radius 2 is 2.00 bits per heavy atom. The van der Waals surface area contributed by atoms with E-state index in [0.717, 1.165) is 15.9 Å². The third-order valence-corrected chi connectivity index (χ3v) is 2.40. The molecule has 0 aliphatic carbocycles. The topological polar surface area (TPSA) is 45.4 Å². The molecule has 0 spiro atoms. The Balaban J connectivity index is 1.96. The van der Waals surface area contributed by atoms with Crippen LogP contribution in [-0.4, -0.2) is 5.11 Å². The molecule has 15 heavy (non-hydrogen) atoms. The van der Waals surface area contributed by atoms with E-state index in [-0.39, 0.29) is 5.75 Å². The van der Waals surface area contributed by atoms with Gasteiger partial charge >= 0.3 is 0 Å². The maximum absolute atomic E-state index is 9.10. The second kappa shape index (κ2) is 4.40. The van der Waals surface area contributed by atoms with E-state index in [1.807, 2.05) is 18.2 Å². The Labute approximate surface area is 95.9 Å². The zero-order valence-electron chi connectivity index (χ0n) is 7.90. The van der Waals surface area contributed by atoms with Gasteiger partial charge in [-0.2, -0.15) is 0 Å². The second-order valence-corrected chi connectivity index (χ2v) is 3.94. The van der Waals surface area contributed by atoms with Crippen LogP contribution < -0.4 is 5.32 Å². The number of nitrogens with one attached hydrogen (secondary N) is 1. The monoisotopic (exact) mass is 267 g/mol. The van der Waals surface area contributed by atoms with Gasteiger partial charge in [-0.1, -0.05) is 0 Å². The minimum atomic E-state index is 0.270. The molecule has 0 atom stereocenters. The van der Waals surface area contributed by atoms with Crippen molar-refractivity contribution in [3.05, 3.63) is 46.8 Å². The van der Waals surface area contributed by atoms with Crippen molar-refractivity contribution >= 4 is 21.6 Å². The molecule has 0 saturated heterocycles. The molecule has 0 fully saturated rings. The fraction of sp³-hybridized carbons (Fsp3) is 0.0909. The number of halogens is 1. The van der Waals surface area contributed by atoms with Gasteiger partial charge in [0.1, 0.15) is 5.75 Å². The number of phenols is 1. The molecule has 4 heteroatoms. The summed E-state index contributed by atoms with van der Waals surface area (Å²) in [6.07, 6.45) is 1.69.